The van der Waals surface area contributed by atoms with Crippen molar-refractivity contribution in [1.29, 1.82) is 0 Å². The molecule has 4 nitrogen and oxygen atoms in total. The first-order valence-electron chi connectivity index (χ1n) is 5.93. The molecule has 104 valence electrons. The van der Waals surface area contributed by atoms with Crippen molar-refractivity contribution in [3.05, 3.63) is 32.8 Å². The molecule has 0 aliphatic carbocycles. The van der Waals surface area contributed by atoms with Gasteiger partial charge >= 0.3 is 11.9 Å². The molecule has 1 aromatic carbocycles. The first kappa shape index (κ1) is 15.7. The molecule has 0 radical (unpaired) electrons. The molecule has 0 heterocycles. The van der Waals surface area contributed by atoms with Crippen LogP contribution in [0.3, 0.4) is 0 Å². The van der Waals surface area contributed by atoms with Gasteiger partial charge in [-0.15, -0.1) is 0 Å². The van der Waals surface area contributed by atoms with Crippen LogP contribution in [0.1, 0.15) is 59.5 Å². The molecule has 19 heavy (non-hydrogen) atoms. The first-order chi connectivity index (χ1) is 8.61. The third kappa shape index (κ3) is 2.97. The van der Waals surface area contributed by atoms with Crippen LogP contribution in [-0.2, 0) is 11.8 Å². The molecule has 0 unspecified atom stereocenters. The highest BCUT2D eigenvalue weighted by molar-refractivity contribution is 9.10. The van der Waals surface area contributed by atoms with Gasteiger partial charge in [0.2, 0.25) is 0 Å². The lowest BCUT2D eigenvalue weighted by Crippen LogP contribution is -2.23. The zero-order valence-electron chi connectivity index (χ0n) is 11.4. The summed E-state index contributed by atoms with van der Waals surface area (Å²) in [5, 5.41) is 18.6. The highest BCUT2D eigenvalue weighted by atomic mass is 79.9. The number of benzene rings is 1. The number of hydrogen-bond donors (Lipinski definition) is 2. The van der Waals surface area contributed by atoms with Gasteiger partial charge in [-0.3, -0.25) is 0 Å². The van der Waals surface area contributed by atoms with Gasteiger partial charge in [0, 0.05) is 4.47 Å². The second-order valence-corrected chi connectivity index (χ2v) is 6.20. The third-order valence-electron chi connectivity index (χ3n) is 2.93. The van der Waals surface area contributed by atoms with Gasteiger partial charge in [-0.2, -0.15) is 0 Å². The molecular formula is C14H17BrO4. The lowest BCUT2D eigenvalue weighted by Gasteiger charge is -2.26. The van der Waals surface area contributed by atoms with Crippen LogP contribution in [0, 0.1) is 0 Å². The Morgan fingerprint density at radius 3 is 2.05 bits per heavy atom. The second-order valence-electron chi connectivity index (χ2n) is 5.35. The number of hydrogen-bond acceptors (Lipinski definition) is 2. The van der Waals surface area contributed by atoms with Gasteiger partial charge in [-0.1, -0.05) is 43.6 Å². The standard InChI is InChI=1S/C14H17BrO4/c1-5-7-9(15)6-8(12(16)17)10(13(18)19)11(7)14(2,3)4/h6H,5H2,1-4H3,(H,16,17)(H,18,19). The Labute approximate surface area is 120 Å². The summed E-state index contributed by atoms with van der Waals surface area (Å²) in [6, 6.07) is 1.37. The van der Waals surface area contributed by atoms with Gasteiger partial charge in [-0.25, -0.2) is 9.59 Å². The largest absolute Gasteiger partial charge is 0.478 e. The molecule has 0 fully saturated rings. The van der Waals surface area contributed by atoms with Gasteiger partial charge < -0.3 is 10.2 Å². The lowest BCUT2D eigenvalue weighted by molar-refractivity contribution is 0.0649. The molecule has 0 aromatic heterocycles. The minimum atomic E-state index is -1.23. The number of carboxylic acids is 2. The van der Waals surface area contributed by atoms with Gasteiger partial charge in [0.1, 0.15) is 0 Å². The van der Waals surface area contributed by atoms with E-state index >= 15 is 0 Å². The average molecular weight is 329 g/mol. The van der Waals surface area contributed by atoms with E-state index in [0.717, 1.165) is 5.56 Å². The maximum Gasteiger partial charge on any atom is 0.336 e. The quantitative estimate of drug-likeness (QED) is 0.886. The van der Waals surface area contributed by atoms with Crippen LogP contribution in [0.2, 0.25) is 0 Å². The number of aromatic carboxylic acids is 2. The fourth-order valence-electron chi connectivity index (χ4n) is 2.26. The normalized spacial score (nSPS) is 11.4. The lowest BCUT2D eigenvalue weighted by atomic mass is 9.78. The minimum absolute atomic E-state index is 0.111. The second kappa shape index (κ2) is 5.33. The maximum absolute atomic E-state index is 11.5. The predicted octanol–water partition coefficient (Wildman–Crippen LogP) is 3.71. The summed E-state index contributed by atoms with van der Waals surface area (Å²) in [6.07, 6.45) is 0.632. The van der Waals surface area contributed by atoms with Crippen molar-refractivity contribution >= 4 is 27.9 Å². The Morgan fingerprint density at radius 1 is 1.21 bits per heavy atom. The van der Waals surface area contributed by atoms with Crippen molar-refractivity contribution in [2.75, 3.05) is 0 Å². The SMILES string of the molecule is CCc1c(Br)cc(C(=O)O)c(C(=O)O)c1C(C)(C)C. The van der Waals surface area contributed by atoms with Crippen LogP contribution in [0.5, 0.6) is 0 Å². The van der Waals surface area contributed by atoms with Crippen molar-refractivity contribution in [1.82, 2.24) is 0 Å². The van der Waals surface area contributed by atoms with Gasteiger partial charge in [0.05, 0.1) is 11.1 Å². The topological polar surface area (TPSA) is 74.6 Å². The van der Waals surface area contributed by atoms with Crippen LogP contribution in [-0.4, -0.2) is 22.2 Å². The van der Waals surface area contributed by atoms with Crippen LogP contribution in [0.4, 0.5) is 0 Å². The van der Waals surface area contributed by atoms with E-state index < -0.39 is 17.4 Å². The molecule has 0 atom stereocenters. The Kier molecular flexibility index (Phi) is 4.40. The van der Waals surface area contributed by atoms with E-state index in [9.17, 15) is 19.8 Å². The molecule has 1 rings (SSSR count). The molecule has 0 amide bonds. The van der Waals surface area contributed by atoms with Crippen LogP contribution in [0.25, 0.3) is 0 Å². The van der Waals surface area contributed by atoms with E-state index in [0.29, 0.717) is 16.5 Å². The van der Waals surface area contributed by atoms with Crippen molar-refractivity contribution < 1.29 is 19.8 Å². The molecule has 0 aliphatic rings. The van der Waals surface area contributed by atoms with E-state index in [1.54, 1.807) is 0 Å². The fourth-order valence-corrected chi connectivity index (χ4v) is 2.96. The van der Waals surface area contributed by atoms with E-state index in [-0.39, 0.29) is 11.1 Å². The van der Waals surface area contributed by atoms with Crippen LogP contribution >= 0.6 is 15.9 Å². The summed E-state index contributed by atoms with van der Waals surface area (Å²) < 4.78 is 0.641. The Morgan fingerprint density at radius 2 is 1.74 bits per heavy atom. The summed E-state index contributed by atoms with van der Waals surface area (Å²) in [5.74, 6) is -2.43. The summed E-state index contributed by atoms with van der Waals surface area (Å²) in [6.45, 7) is 7.56. The molecule has 0 spiro atoms. The van der Waals surface area contributed by atoms with Crippen molar-refractivity contribution in [3.63, 3.8) is 0 Å². The number of carbonyl (C=O) groups is 2. The number of carboxylic acid groups (broad SMARTS) is 2. The Balaban J connectivity index is 3.91. The molecule has 0 saturated heterocycles. The summed E-state index contributed by atoms with van der Waals surface area (Å²) in [7, 11) is 0. The molecule has 1 aromatic rings. The molecule has 0 aliphatic heterocycles. The van der Waals surface area contributed by atoms with Gasteiger partial charge in [0.15, 0.2) is 0 Å². The predicted molar refractivity (Wildman–Crippen MR) is 76.1 cm³/mol. The molecule has 5 heteroatoms. The smallest absolute Gasteiger partial charge is 0.336 e. The highest BCUT2D eigenvalue weighted by Gasteiger charge is 2.30. The molecule has 0 saturated carbocycles. The summed E-state index contributed by atoms with van der Waals surface area (Å²) in [5.41, 5.74) is 0.679. The van der Waals surface area contributed by atoms with Crippen molar-refractivity contribution in [2.24, 2.45) is 0 Å². The minimum Gasteiger partial charge on any atom is -0.478 e. The molecule has 2 N–H and O–H groups in total. The summed E-state index contributed by atoms with van der Waals surface area (Å²) in [4.78, 5) is 22.8. The van der Waals surface area contributed by atoms with Gasteiger partial charge in [0.25, 0.3) is 0 Å². The number of rotatable bonds is 3. The van der Waals surface area contributed by atoms with E-state index in [1.165, 1.54) is 6.07 Å². The van der Waals surface area contributed by atoms with E-state index in [1.807, 2.05) is 27.7 Å². The van der Waals surface area contributed by atoms with Crippen LogP contribution < -0.4 is 0 Å². The Hall–Kier alpha value is -1.36. The zero-order valence-corrected chi connectivity index (χ0v) is 13.0. The monoisotopic (exact) mass is 328 g/mol. The van der Waals surface area contributed by atoms with Crippen molar-refractivity contribution in [3.8, 4) is 0 Å². The third-order valence-corrected chi connectivity index (χ3v) is 3.64. The average Bonchev–Trinajstić information content (AvgIpc) is 2.25. The summed E-state index contributed by atoms with van der Waals surface area (Å²) >= 11 is 3.35. The van der Waals surface area contributed by atoms with Crippen LogP contribution in [0.15, 0.2) is 10.5 Å². The first-order valence-corrected chi connectivity index (χ1v) is 6.73. The van der Waals surface area contributed by atoms with Gasteiger partial charge in [-0.05, 0) is 29.0 Å². The Bertz CT molecular complexity index is 541. The molecular weight excluding hydrogens is 312 g/mol. The zero-order chi connectivity index (χ0) is 15.0. The number of halogens is 1. The molecule has 0 bridgehead atoms. The van der Waals surface area contributed by atoms with E-state index in [2.05, 4.69) is 15.9 Å². The van der Waals surface area contributed by atoms with Crippen molar-refractivity contribution in [2.45, 2.75) is 39.5 Å². The fraction of sp³-hybridized carbons (Fsp3) is 0.429. The van der Waals surface area contributed by atoms with E-state index in [4.69, 9.17) is 0 Å². The highest BCUT2D eigenvalue weighted by Crippen LogP contribution is 2.36. The maximum atomic E-state index is 11.5.